The van der Waals surface area contributed by atoms with Gasteiger partial charge in [0.15, 0.2) is 11.5 Å². The largest absolute Gasteiger partial charge is 0.493 e. The highest BCUT2D eigenvalue weighted by Crippen LogP contribution is 2.25. The summed E-state index contributed by atoms with van der Waals surface area (Å²) >= 11 is 0. The van der Waals surface area contributed by atoms with Gasteiger partial charge in [-0.3, -0.25) is 9.58 Å². The maximum Gasteiger partial charge on any atom is 0.161 e. The Morgan fingerprint density at radius 3 is 2.88 bits per heavy atom. The van der Waals surface area contributed by atoms with E-state index in [9.17, 15) is 5.11 Å². The maximum absolute atomic E-state index is 10.3. The molecule has 2 unspecified atom stereocenters. The zero-order valence-corrected chi connectivity index (χ0v) is 15.4. The second kappa shape index (κ2) is 9.02. The molecule has 7 nitrogen and oxygen atoms in total. The molecule has 2 aromatic rings. The quantitative estimate of drug-likeness (QED) is 0.765. The number of ether oxygens (including phenoxy) is 3. The number of para-hydroxylation sites is 2. The third-order valence-electron chi connectivity index (χ3n) is 4.35. The van der Waals surface area contributed by atoms with Gasteiger partial charge in [0.05, 0.1) is 32.6 Å². The van der Waals surface area contributed by atoms with E-state index in [1.54, 1.807) is 7.11 Å². The summed E-state index contributed by atoms with van der Waals surface area (Å²) in [7, 11) is 1.60. The molecule has 1 aliphatic rings. The normalized spacial score (nSPS) is 19.3. The fourth-order valence-corrected chi connectivity index (χ4v) is 3.11. The number of morpholine rings is 1. The molecule has 0 radical (unpaired) electrons. The molecule has 1 fully saturated rings. The van der Waals surface area contributed by atoms with E-state index in [0.717, 1.165) is 25.2 Å². The Bertz CT molecular complexity index is 691. The van der Waals surface area contributed by atoms with E-state index in [1.807, 2.05) is 48.3 Å². The van der Waals surface area contributed by atoms with E-state index in [4.69, 9.17) is 14.2 Å². The van der Waals surface area contributed by atoms with Crippen molar-refractivity contribution in [2.75, 3.05) is 40.0 Å². The molecule has 142 valence electrons. The summed E-state index contributed by atoms with van der Waals surface area (Å²) in [6.45, 7) is 5.75. The second-order valence-corrected chi connectivity index (χ2v) is 6.61. The molecule has 7 heteroatoms. The van der Waals surface area contributed by atoms with Crippen molar-refractivity contribution in [3.63, 3.8) is 0 Å². The minimum atomic E-state index is -0.578. The first kappa shape index (κ1) is 18.7. The molecular formula is C19H27N3O4. The van der Waals surface area contributed by atoms with Gasteiger partial charge in [0, 0.05) is 25.8 Å². The van der Waals surface area contributed by atoms with Crippen molar-refractivity contribution in [1.29, 1.82) is 0 Å². The Balaban J connectivity index is 1.45. The Morgan fingerprint density at radius 1 is 1.35 bits per heavy atom. The van der Waals surface area contributed by atoms with E-state index in [1.165, 1.54) is 0 Å². The van der Waals surface area contributed by atoms with Crippen LogP contribution < -0.4 is 9.47 Å². The number of aliphatic hydroxyl groups is 1. The summed E-state index contributed by atoms with van der Waals surface area (Å²) < 4.78 is 18.7. The Kier molecular flexibility index (Phi) is 6.49. The highest BCUT2D eigenvalue weighted by atomic mass is 16.5. The van der Waals surface area contributed by atoms with Crippen molar-refractivity contribution in [2.24, 2.45) is 0 Å². The van der Waals surface area contributed by atoms with E-state index in [2.05, 4.69) is 10.00 Å². The fraction of sp³-hybridized carbons (Fsp3) is 0.526. The van der Waals surface area contributed by atoms with Crippen molar-refractivity contribution in [2.45, 2.75) is 25.7 Å². The van der Waals surface area contributed by atoms with Crippen LogP contribution in [-0.4, -0.2) is 72.0 Å². The number of methoxy groups -OCH3 is 1. The smallest absolute Gasteiger partial charge is 0.161 e. The zero-order chi connectivity index (χ0) is 18.4. The number of aliphatic hydroxyl groups excluding tert-OH is 1. The van der Waals surface area contributed by atoms with Crippen LogP contribution in [0.15, 0.2) is 36.7 Å². The fourth-order valence-electron chi connectivity index (χ4n) is 3.11. The first-order valence-corrected chi connectivity index (χ1v) is 8.91. The van der Waals surface area contributed by atoms with Gasteiger partial charge in [0.2, 0.25) is 0 Å². The van der Waals surface area contributed by atoms with Gasteiger partial charge in [0.1, 0.15) is 12.7 Å². The number of β-amino-alcohol motifs (C(OH)–C–C–N with tert-alkyl or cyclic N) is 1. The van der Waals surface area contributed by atoms with Crippen LogP contribution in [0.3, 0.4) is 0 Å². The number of rotatable bonds is 8. The number of nitrogens with zero attached hydrogens (tertiary/aromatic N) is 3. The maximum atomic E-state index is 10.3. The molecule has 2 atom stereocenters. The lowest BCUT2D eigenvalue weighted by Crippen LogP contribution is -2.47. The van der Waals surface area contributed by atoms with Crippen molar-refractivity contribution in [3.8, 4) is 11.5 Å². The zero-order valence-electron chi connectivity index (χ0n) is 15.4. The van der Waals surface area contributed by atoms with Crippen LogP contribution in [0.1, 0.15) is 5.56 Å². The summed E-state index contributed by atoms with van der Waals surface area (Å²) in [5, 5.41) is 14.7. The van der Waals surface area contributed by atoms with Gasteiger partial charge in [0.25, 0.3) is 0 Å². The number of benzene rings is 1. The molecule has 0 bridgehead atoms. The third-order valence-corrected chi connectivity index (χ3v) is 4.35. The highest BCUT2D eigenvalue weighted by molar-refractivity contribution is 5.39. The van der Waals surface area contributed by atoms with Crippen molar-refractivity contribution in [3.05, 3.63) is 42.2 Å². The Morgan fingerprint density at radius 2 is 2.15 bits per heavy atom. The molecule has 26 heavy (non-hydrogen) atoms. The van der Waals surface area contributed by atoms with Crippen LogP contribution in [0.5, 0.6) is 11.5 Å². The number of aromatic nitrogens is 2. The molecular weight excluding hydrogens is 334 g/mol. The molecule has 0 aliphatic carbocycles. The van der Waals surface area contributed by atoms with Gasteiger partial charge >= 0.3 is 0 Å². The molecule has 1 saturated heterocycles. The van der Waals surface area contributed by atoms with Crippen molar-refractivity contribution in [1.82, 2.24) is 14.7 Å². The van der Waals surface area contributed by atoms with Crippen molar-refractivity contribution >= 4 is 0 Å². The lowest BCUT2D eigenvalue weighted by atomic mass is 10.2. The predicted octanol–water partition coefficient (Wildman–Crippen LogP) is 1.34. The van der Waals surface area contributed by atoms with Gasteiger partial charge in [-0.05, 0) is 24.6 Å². The molecule has 1 aliphatic heterocycles. The van der Waals surface area contributed by atoms with Gasteiger partial charge in [-0.15, -0.1) is 0 Å². The number of hydrogen-bond acceptors (Lipinski definition) is 6. The molecule has 0 saturated carbocycles. The first-order valence-electron chi connectivity index (χ1n) is 8.91. The van der Waals surface area contributed by atoms with Gasteiger partial charge in [-0.2, -0.15) is 5.10 Å². The Hall–Kier alpha value is -2.09. The standard InChI is InChI=1S/C19H27N3O4/c1-15-9-20-22(10-15)13-17-12-21(7-8-25-17)11-16(23)14-26-19-6-4-3-5-18(19)24-2/h3-6,9-10,16-17,23H,7-8,11-14H2,1-2H3. The monoisotopic (exact) mass is 361 g/mol. The highest BCUT2D eigenvalue weighted by Gasteiger charge is 2.23. The molecule has 1 aromatic carbocycles. The van der Waals surface area contributed by atoms with Crippen LogP contribution in [0.2, 0.25) is 0 Å². The lowest BCUT2D eigenvalue weighted by Gasteiger charge is -2.34. The summed E-state index contributed by atoms with van der Waals surface area (Å²) in [4.78, 5) is 2.21. The van der Waals surface area contributed by atoms with E-state index in [-0.39, 0.29) is 12.7 Å². The minimum Gasteiger partial charge on any atom is -0.493 e. The lowest BCUT2D eigenvalue weighted by molar-refractivity contribution is -0.0517. The van der Waals surface area contributed by atoms with Crippen LogP contribution in [0, 0.1) is 6.92 Å². The molecule has 1 N–H and O–H groups in total. The molecule has 1 aromatic heterocycles. The summed E-state index contributed by atoms with van der Waals surface area (Å²) in [5.74, 6) is 1.31. The third kappa shape index (κ3) is 5.20. The van der Waals surface area contributed by atoms with E-state index < -0.39 is 6.10 Å². The van der Waals surface area contributed by atoms with Crippen LogP contribution >= 0.6 is 0 Å². The van der Waals surface area contributed by atoms with E-state index in [0.29, 0.717) is 24.7 Å². The molecule has 2 heterocycles. The summed E-state index contributed by atoms with van der Waals surface area (Å²) in [6, 6.07) is 7.44. The predicted molar refractivity (Wildman–Crippen MR) is 97.6 cm³/mol. The van der Waals surface area contributed by atoms with Crippen LogP contribution in [0.25, 0.3) is 0 Å². The average Bonchev–Trinajstić information content (AvgIpc) is 3.05. The Labute approximate surface area is 154 Å². The molecule has 0 amide bonds. The van der Waals surface area contributed by atoms with Crippen molar-refractivity contribution < 1.29 is 19.3 Å². The van der Waals surface area contributed by atoms with Crippen LogP contribution in [-0.2, 0) is 11.3 Å². The van der Waals surface area contributed by atoms with Gasteiger partial charge in [-0.1, -0.05) is 12.1 Å². The topological polar surface area (TPSA) is 69.0 Å². The van der Waals surface area contributed by atoms with Gasteiger partial charge in [-0.25, -0.2) is 0 Å². The number of hydrogen-bond donors (Lipinski definition) is 1. The van der Waals surface area contributed by atoms with E-state index >= 15 is 0 Å². The minimum absolute atomic E-state index is 0.0744. The molecule has 3 rings (SSSR count). The summed E-state index contributed by atoms with van der Waals surface area (Å²) in [6.07, 6.45) is 3.36. The van der Waals surface area contributed by atoms with Gasteiger partial charge < -0.3 is 19.3 Å². The summed E-state index contributed by atoms with van der Waals surface area (Å²) in [5.41, 5.74) is 1.14. The first-order chi connectivity index (χ1) is 12.6. The molecule has 0 spiro atoms. The van der Waals surface area contributed by atoms with Crippen LogP contribution in [0.4, 0.5) is 0 Å². The second-order valence-electron chi connectivity index (χ2n) is 6.61. The average molecular weight is 361 g/mol. The number of aryl methyl sites for hydroxylation is 1. The SMILES string of the molecule is COc1ccccc1OCC(O)CN1CCOC(Cn2cc(C)cn2)C1.